The van der Waals surface area contributed by atoms with Crippen LogP contribution in [0.3, 0.4) is 0 Å². The molecule has 2 unspecified atom stereocenters. The molecule has 0 saturated carbocycles. The summed E-state index contributed by atoms with van der Waals surface area (Å²) in [5.41, 5.74) is 2.79. The molecule has 2 aromatic rings. The van der Waals surface area contributed by atoms with Crippen LogP contribution in [0.25, 0.3) is 0 Å². The topological polar surface area (TPSA) is 49.4 Å². The van der Waals surface area contributed by atoms with Crippen LogP contribution in [0.5, 0.6) is 0 Å². The van der Waals surface area contributed by atoms with Crippen LogP contribution < -0.4 is 5.32 Å². The second kappa shape index (κ2) is 8.78. The van der Waals surface area contributed by atoms with Gasteiger partial charge < -0.3 is 10.2 Å². The molecule has 2 aliphatic rings. The van der Waals surface area contributed by atoms with E-state index in [0.29, 0.717) is 11.5 Å². The second-order valence-electron chi connectivity index (χ2n) is 10.2. The highest BCUT2D eigenvalue weighted by molar-refractivity contribution is 7.17. The fourth-order valence-corrected chi connectivity index (χ4v) is 6.26. The van der Waals surface area contributed by atoms with Gasteiger partial charge in [-0.3, -0.25) is 9.59 Å². The highest BCUT2D eigenvalue weighted by Crippen LogP contribution is 2.45. The number of nitrogens with zero attached hydrogens (tertiary/aromatic N) is 1. The van der Waals surface area contributed by atoms with Gasteiger partial charge in [0.1, 0.15) is 5.00 Å². The largest absolute Gasteiger partial charge is 0.336 e. The van der Waals surface area contributed by atoms with Crippen molar-refractivity contribution < 1.29 is 9.59 Å². The van der Waals surface area contributed by atoms with E-state index in [4.69, 9.17) is 0 Å². The molecule has 4 nitrogen and oxygen atoms in total. The molecule has 5 heteroatoms. The molecule has 1 saturated heterocycles. The molecule has 166 valence electrons. The maximum Gasteiger partial charge on any atom is 0.257 e. The van der Waals surface area contributed by atoms with Gasteiger partial charge in [-0.25, -0.2) is 0 Å². The monoisotopic (exact) mass is 438 g/mol. The zero-order chi connectivity index (χ0) is 22.2. The Bertz CT molecular complexity index is 958. The molecule has 1 aromatic carbocycles. The highest BCUT2D eigenvalue weighted by atomic mass is 32.1. The van der Waals surface area contributed by atoms with E-state index in [1.807, 2.05) is 35.2 Å². The Morgan fingerprint density at radius 3 is 2.52 bits per heavy atom. The molecule has 1 aliphatic carbocycles. The number of rotatable bonds is 3. The summed E-state index contributed by atoms with van der Waals surface area (Å²) < 4.78 is 0. The standard InChI is InChI=1S/C26H34N2O2S/c1-17-10-8-9-15-28(17)25(30)22-20-14-13-19(26(2,3)4)16-21(20)31-24(22)27-23(29)18-11-6-5-7-12-18/h5-7,11-12,17,19H,8-10,13-16H2,1-4H3,(H,27,29). The summed E-state index contributed by atoms with van der Waals surface area (Å²) in [6.07, 6.45) is 6.28. The number of anilines is 1. The van der Waals surface area contributed by atoms with Crippen molar-refractivity contribution in [3.05, 3.63) is 51.9 Å². The first kappa shape index (κ1) is 22.1. The van der Waals surface area contributed by atoms with Crippen LogP contribution in [0.15, 0.2) is 30.3 Å². The van der Waals surface area contributed by atoms with Gasteiger partial charge in [-0.05, 0) is 74.5 Å². The Hall–Kier alpha value is -2.14. The van der Waals surface area contributed by atoms with E-state index in [2.05, 4.69) is 33.0 Å². The van der Waals surface area contributed by atoms with Crippen molar-refractivity contribution >= 4 is 28.2 Å². The van der Waals surface area contributed by atoms with Gasteiger partial charge in [0, 0.05) is 23.0 Å². The van der Waals surface area contributed by atoms with Crippen LogP contribution in [-0.2, 0) is 12.8 Å². The lowest BCUT2D eigenvalue weighted by Gasteiger charge is -2.35. The molecule has 0 radical (unpaired) electrons. The first-order chi connectivity index (χ1) is 14.8. The van der Waals surface area contributed by atoms with Crippen molar-refractivity contribution in [3.8, 4) is 0 Å². The average molecular weight is 439 g/mol. The molecule has 4 rings (SSSR count). The summed E-state index contributed by atoms with van der Waals surface area (Å²) in [7, 11) is 0. The number of carbonyl (C=O) groups is 2. The highest BCUT2D eigenvalue weighted by Gasteiger charge is 2.36. The van der Waals surface area contributed by atoms with E-state index < -0.39 is 0 Å². The Labute approximate surface area is 190 Å². The summed E-state index contributed by atoms with van der Waals surface area (Å²) >= 11 is 1.62. The van der Waals surface area contributed by atoms with E-state index >= 15 is 0 Å². The summed E-state index contributed by atoms with van der Waals surface area (Å²) in [5, 5.41) is 3.84. The summed E-state index contributed by atoms with van der Waals surface area (Å²) in [5.74, 6) is 0.544. The molecule has 2 atom stereocenters. The number of carbonyl (C=O) groups excluding carboxylic acids is 2. The number of amides is 2. The zero-order valence-corrected chi connectivity index (χ0v) is 20.0. The predicted octanol–water partition coefficient (Wildman–Crippen LogP) is 6.17. The average Bonchev–Trinajstić information content (AvgIpc) is 3.10. The fourth-order valence-electron chi connectivity index (χ4n) is 4.95. The Balaban J connectivity index is 1.70. The molecule has 1 aliphatic heterocycles. The fraction of sp³-hybridized carbons (Fsp3) is 0.538. The smallest absolute Gasteiger partial charge is 0.257 e. The van der Waals surface area contributed by atoms with Crippen LogP contribution in [0.2, 0.25) is 0 Å². The number of thiophene rings is 1. The van der Waals surface area contributed by atoms with Gasteiger partial charge in [0.15, 0.2) is 0 Å². The first-order valence-corrected chi connectivity index (χ1v) is 12.4. The van der Waals surface area contributed by atoms with E-state index in [1.165, 1.54) is 16.9 Å². The van der Waals surface area contributed by atoms with Crippen LogP contribution >= 0.6 is 11.3 Å². The van der Waals surface area contributed by atoms with Gasteiger partial charge in [-0.1, -0.05) is 39.0 Å². The van der Waals surface area contributed by atoms with Gasteiger partial charge in [-0.15, -0.1) is 11.3 Å². The molecule has 2 heterocycles. The lowest BCUT2D eigenvalue weighted by Crippen LogP contribution is -2.42. The van der Waals surface area contributed by atoms with Crippen molar-refractivity contribution in [3.63, 3.8) is 0 Å². The van der Waals surface area contributed by atoms with Crippen LogP contribution in [0, 0.1) is 11.3 Å². The normalized spacial score (nSPS) is 21.5. The lowest BCUT2D eigenvalue weighted by atomic mass is 9.72. The summed E-state index contributed by atoms with van der Waals surface area (Å²) in [4.78, 5) is 30.0. The number of hydrogen-bond acceptors (Lipinski definition) is 3. The van der Waals surface area contributed by atoms with Gasteiger partial charge in [0.2, 0.25) is 0 Å². The predicted molar refractivity (Wildman–Crippen MR) is 128 cm³/mol. The van der Waals surface area contributed by atoms with Crippen molar-refractivity contribution in [2.75, 3.05) is 11.9 Å². The third kappa shape index (κ3) is 4.57. The number of likely N-dealkylation sites (tertiary alicyclic amines) is 1. The van der Waals surface area contributed by atoms with Crippen molar-refractivity contribution in [2.24, 2.45) is 11.3 Å². The molecule has 31 heavy (non-hydrogen) atoms. The van der Waals surface area contributed by atoms with E-state index in [-0.39, 0.29) is 23.3 Å². The number of fused-ring (bicyclic) bond motifs is 1. The SMILES string of the molecule is CC1CCCCN1C(=O)c1c(NC(=O)c2ccccc2)sc2c1CCC(C(C)(C)C)C2. The molecule has 1 N–H and O–H groups in total. The summed E-state index contributed by atoms with van der Waals surface area (Å²) in [6, 6.07) is 9.51. The minimum atomic E-state index is -0.146. The van der Waals surface area contributed by atoms with Crippen LogP contribution in [-0.4, -0.2) is 29.3 Å². The minimum Gasteiger partial charge on any atom is -0.336 e. The Kier molecular flexibility index (Phi) is 6.25. The lowest BCUT2D eigenvalue weighted by molar-refractivity contribution is 0.0635. The molecule has 0 bridgehead atoms. The van der Waals surface area contributed by atoms with Crippen LogP contribution in [0.4, 0.5) is 5.00 Å². The Morgan fingerprint density at radius 1 is 1.10 bits per heavy atom. The summed E-state index contributed by atoms with van der Waals surface area (Å²) in [6.45, 7) is 9.86. The maximum atomic E-state index is 13.7. The van der Waals surface area contributed by atoms with Crippen LogP contribution in [0.1, 0.15) is 84.5 Å². The number of nitrogens with one attached hydrogen (secondary N) is 1. The molecule has 0 spiro atoms. The second-order valence-corrected chi connectivity index (χ2v) is 11.3. The van der Waals surface area contributed by atoms with Gasteiger partial charge in [0.25, 0.3) is 11.8 Å². The quantitative estimate of drug-likeness (QED) is 0.623. The van der Waals surface area contributed by atoms with E-state index in [1.54, 1.807) is 11.3 Å². The van der Waals surface area contributed by atoms with Gasteiger partial charge in [0.05, 0.1) is 5.56 Å². The third-order valence-corrected chi connectivity index (χ3v) is 8.20. The zero-order valence-electron chi connectivity index (χ0n) is 19.2. The van der Waals surface area contributed by atoms with Gasteiger partial charge >= 0.3 is 0 Å². The molecular formula is C26H34N2O2S. The molecule has 1 fully saturated rings. The van der Waals surface area contributed by atoms with E-state index in [9.17, 15) is 9.59 Å². The number of benzene rings is 1. The maximum absolute atomic E-state index is 13.7. The molecule has 1 aromatic heterocycles. The van der Waals surface area contributed by atoms with Crippen molar-refractivity contribution in [1.82, 2.24) is 4.90 Å². The van der Waals surface area contributed by atoms with Crippen molar-refractivity contribution in [2.45, 2.75) is 72.3 Å². The Morgan fingerprint density at radius 2 is 1.84 bits per heavy atom. The molecule has 2 amide bonds. The van der Waals surface area contributed by atoms with E-state index in [0.717, 1.165) is 49.2 Å². The van der Waals surface area contributed by atoms with Gasteiger partial charge in [-0.2, -0.15) is 0 Å². The minimum absolute atomic E-state index is 0.0993. The van der Waals surface area contributed by atoms with Crippen molar-refractivity contribution in [1.29, 1.82) is 0 Å². The number of piperidine rings is 1. The molecular weight excluding hydrogens is 404 g/mol. The number of hydrogen-bond donors (Lipinski definition) is 1. The third-order valence-electron chi connectivity index (χ3n) is 7.03. The first-order valence-electron chi connectivity index (χ1n) is 11.6.